The molecule has 3 rings (SSSR count). The van der Waals surface area contributed by atoms with Crippen molar-refractivity contribution in [3.63, 3.8) is 0 Å². The second kappa shape index (κ2) is 6.15. The van der Waals surface area contributed by atoms with Gasteiger partial charge in [0.1, 0.15) is 5.82 Å². The molecule has 1 fully saturated rings. The Kier molecular flexibility index (Phi) is 4.08. The molecule has 0 bridgehead atoms. The van der Waals surface area contributed by atoms with Gasteiger partial charge in [0.05, 0.1) is 6.54 Å². The molecule has 1 aliphatic heterocycles. The third kappa shape index (κ3) is 3.23. The lowest BCUT2D eigenvalue weighted by molar-refractivity contribution is 0.119. The van der Waals surface area contributed by atoms with Crippen LogP contribution in [0.2, 0.25) is 0 Å². The highest BCUT2D eigenvalue weighted by Gasteiger charge is 2.18. The Hall–Kier alpha value is -1.72. The van der Waals surface area contributed by atoms with Gasteiger partial charge in [-0.2, -0.15) is 0 Å². The van der Waals surface area contributed by atoms with E-state index in [1.807, 2.05) is 24.8 Å². The normalized spacial score (nSPS) is 17.4. The summed E-state index contributed by atoms with van der Waals surface area (Å²) in [5.74, 6) is 1.15. The fraction of sp³-hybridized carbons (Fsp3) is 0.467. The molecule has 106 valence electrons. The second-order valence-corrected chi connectivity index (χ2v) is 5.36. The molecule has 20 heavy (non-hydrogen) atoms. The number of rotatable bonds is 4. The van der Waals surface area contributed by atoms with Gasteiger partial charge in [0, 0.05) is 64.6 Å². The molecule has 0 unspecified atom stereocenters. The van der Waals surface area contributed by atoms with Gasteiger partial charge in [-0.3, -0.25) is 14.8 Å². The molecule has 0 saturated carbocycles. The Morgan fingerprint density at radius 1 is 0.950 bits per heavy atom. The van der Waals surface area contributed by atoms with E-state index in [1.54, 1.807) is 0 Å². The third-order valence-corrected chi connectivity index (χ3v) is 3.91. The van der Waals surface area contributed by atoms with E-state index in [0.717, 1.165) is 45.1 Å². The molecular formula is C15H21N5. The van der Waals surface area contributed by atoms with Crippen LogP contribution < -0.4 is 0 Å². The van der Waals surface area contributed by atoms with Gasteiger partial charge < -0.3 is 4.57 Å². The molecular weight excluding hydrogens is 250 g/mol. The van der Waals surface area contributed by atoms with Gasteiger partial charge in [0.25, 0.3) is 0 Å². The summed E-state index contributed by atoms with van der Waals surface area (Å²) in [5, 5.41) is 0. The Morgan fingerprint density at radius 2 is 1.60 bits per heavy atom. The van der Waals surface area contributed by atoms with Crippen molar-refractivity contribution in [3.8, 4) is 0 Å². The number of pyridine rings is 1. The van der Waals surface area contributed by atoms with E-state index in [2.05, 4.69) is 43.5 Å². The highest BCUT2D eigenvalue weighted by molar-refractivity contribution is 5.09. The van der Waals surface area contributed by atoms with E-state index < -0.39 is 0 Å². The summed E-state index contributed by atoms with van der Waals surface area (Å²) in [7, 11) is 2.06. The summed E-state index contributed by atoms with van der Waals surface area (Å²) in [6.45, 7) is 6.43. The molecule has 0 N–H and O–H groups in total. The lowest BCUT2D eigenvalue weighted by Crippen LogP contribution is -2.45. The molecule has 0 spiro atoms. The summed E-state index contributed by atoms with van der Waals surface area (Å²) < 4.78 is 2.10. The van der Waals surface area contributed by atoms with E-state index in [-0.39, 0.29) is 0 Å². The Bertz CT molecular complexity index is 528. The fourth-order valence-electron chi connectivity index (χ4n) is 2.60. The van der Waals surface area contributed by atoms with Gasteiger partial charge >= 0.3 is 0 Å². The van der Waals surface area contributed by atoms with E-state index in [0.29, 0.717) is 0 Å². The van der Waals surface area contributed by atoms with Crippen molar-refractivity contribution in [2.75, 3.05) is 26.2 Å². The van der Waals surface area contributed by atoms with Gasteiger partial charge in [-0.05, 0) is 17.7 Å². The molecule has 0 amide bonds. The minimum Gasteiger partial charge on any atom is -0.337 e. The quantitative estimate of drug-likeness (QED) is 0.835. The maximum atomic E-state index is 4.40. The van der Waals surface area contributed by atoms with Crippen molar-refractivity contribution in [3.05, 3.63) is 48.3 Å². The lowest BCUT2D eigenvalue weighted by Gasteiger charge is -2.34. The minimum atomic E-state index is 0.951. The van der Waals surface area contributed by atoms with Crippen molar-refractivity contribution >= 4 is 0 Å². The number of imidazole rings is 1. The average Bonchev–Trinajstić information content (AvgIpc) is 2.88. The van der Waals surface area contributed by atoms with Crippen LogP contribution in [0.3, 0.4) is 0 Å². The minimum absolute atomic E-state index is 0.951. The second-order valence-electron chi connectivity index (χ2n) is 5.36. The van der Waals surface area contributed by atoms with E-state index >= 15 is 0 Å². The predicted octanol–water partition coefficient (Wildman–Crippen LogP) is 1.13. The first-order chi connectivity index (χ1) is 9.81. The first kappa shape index (κ1) is 13.3. The first-order valence-corrected chi connectivity index (χ1v) is 7.11. The van der Waals surface area contributed by atoms with Crippen molar-refractivity contribution in [1.82, 2.24) is 24.3 Å². The Balaban J connectivity index is 1.49. The van der Waals surface area contributed by atoms with E-state index in [1.165, 1.54) is 5.56 Å². The zero-order valence-electron chi connectivity index (χ0n) is 11.9. The first-order valence-electron chi connectivity index (χ1n) is 7.11. The average molecular weight is 271 g/mol. The molecule has 2 aromatic rings. The van der Waals surface area contributed by atoms with Crippen LogP contribution in [-0.2, 0) is 20.1 Å². The fourth-order valence-corrected chi connectivity index (χ4v) is 2.60. The van der Waals surface area contributed by atoms with E-state index in [4.69, 9.17) is 0 Å². The van der Waals surface area contributed by atoms with Crippen molar-refractivity contribution in [2.45, 2.75) is 13.1 Å². The van der Waals surface area contributed by atoms with Gasteiger partial charge in [0.2, 0.25) is 0 Å². The van der Waals surface area contributed by atoms with Crippen LogP contribution in [-0.4, -0.2) is 50.5 Å². The molecule has 0 aliphatic carbocycles. The van der Waals surface area contributed by atoms with Crippen LogP contribution in [0.1, 0.15) is 11.4 Å². The van der Waals surface area contributed by atoms with Crippen molar-refractivity contribution in [2.24, 2.45) is 7.05 Å². The number of aromatic nitrogens is 3. The molecule has 0 radical (unpaired) electrons. The van der Waals surface area contributed by atoms with Gasteiger partial charge in [-0.1, -0.05) is 0 Å². The SMILES string of the molecule is Cn1ccnc1CN1CCN(Cc2ccncc2)CC1. The maximum absolute atomic E-state index is 4.40. The van der Waals surface area contributed by atoms with Crippen molar-refractivity contribution in [1.29, 1.82) is 0 Å². The molecule has 5 nitrogen and oxygen atoms in total. The smallest absolute Gasteiger partial charge is 0.122 e. The Morgan fingerprint density at radius 3 is 2.20 bits per heavy atom. The standard InChI is InChI=1S/C15H21N5/c1-18-7-6-17-15(18)13-20-10-8-19(9-11-20)12-14-2-4-16-5-3-14/h2-7H,8-13H2,1H3. The van der Waals surface area contributed by atoms with Gasteiger partial charge in [0.15, 0.2) is 0 Å². The summed E-state index contributed by atoms with van der Waals surface area (Å²) >= 11 is 0. The third-order valence-electron chi connectivity index (χ3n) is 3.91. The highest BCUT2D eigenvalue weighted by atomic mass is 15.3. The highest BCUT2D eigenvalue weighted by Crippen LogP contribution is 2.10. The molecule has 5 heteroatoms. The monoisotopic (exact) mass is 271 g/mol. The molecule has 2 aromatic heterocycles. The zero-order chi connectivity index (χ0) is 13.8. The molecule has 0 atom stereocenters. The van der Waals surface area contributed by atoms with Crippen molar-refractivity contribution < 1.29 is 0 Å². The Labute approximate surface area is 119 Å². The van der Waals surface area contributed by atoms with Crippen LogP contribution in [0.4, 0.5) is 0 Å². The number of hydrogen-bond acceptors (Lipinski definition) is 4. The van der Waals surface area contributed by atoms with Crippen LogP contribution in [0.15, 0.2) is 36.9 Å². The lowest BCUT2D eigenvalue weighted by atomic mass is 10.2. The molecule has 1 aliphatic rings. The number of piperazine rings is 1. The van der Waals surface area contributed by atoms with Crippen LogP contribution in [0, 0.1) is 0 Å². The summed E-state index contributed by atoms with van der Waals surface area (Å²) in [5.41, 5.74) is 1.34. The van der Waals surface area contributed by atoms with Crippen LogP contribution in [0.25, 0.3) is 0 Å². The number of hydrogen-bond donors (Lipinski definition) is 0. The number of aryl methyl sites for hydroxylation is 1. The predicted molar refractivity (Wildman–Crippen MR) is 78.0 cm³/mol. The topological polar surface area (TPSA) is 37.2 Å². The van der Waals surface area contributed by atoms with Crippen LogP contribution in [0.5, 0.6) is 0 Å². The summed E-state index contributed by atoms with van der Waals surface area (Å²) in [6.07, 6.45) is 7.61. The summed E-state index contributed by atoms with van der Waals surface area (Å²) in [6, 6.07) is 4.19. The van der Waals surface area contributed by atoms with Crippen LogP contribution >= 0.6 is 0 Å². The zero-order valence-corrected chi connectivity index (χ0v) is 11.9. The van der Waals surface area contributed by atoms with Gasteiger partial charge in [-0.25, -0.2) is 4.98 Å². The number of nitrogens with zero attached hydrogens (tertiary/aromatic N) is 5. The van der Waals surface area contributed by atoms with Gasteiger partial charge in [-0.15, -0.1) is 0 Å². The van der Waals surface area contributed by atoms with E-state index in [9.17, 15) is 0 Å². The summed E-state index contributed by atoms with van der Waals surface area (Å²) in [4.78, 5) is 13.4. The molecule has 1 saturated heterocycles. The largest absolute Gasteiger partial charge is 0.337 e. The molecule has 0 aromatic carbocycles. The maximum Gasteiger partial charge on any atom is 0.122 e. The molecule has 3 heterocycles.